The lowest BCUT2D eigenvalue weighted by Gasteiger charge is -2.22. The van der Waals surface area contributed by atoms with Crippen molar-refractivity contribution in [3.05, 3.63) is 64.8 Å². The van der Waals surface area contributed by atoms with Crippen LogP contribution in [-0.2, 0) is 9.59 Å². The molecule has 138 valence electrons. The number of rotatable bonds is 4. The minimum atomic E-state index is -0.849. The van der Waals surface area contributed by atoms with Crippen LogP contribution in [0.5, 0.6) is 5.75 Å². The molecule has 8 heteroatoms. The number of halogens is 1. The van der Waals surface area contributed by atoms with Gasteiger partial charge in [0.1, 0.15) is 21.9 Å². The lowest BCUT2D eigenvalue weighted by molar-refractivity contribution is -0.129. The second-order valence-corrected chi connectivity index (χ2v) is 7.46. The predicted octanol–water partition coefficient (Wildman–Crippen LogP) is 3.76. The summed E-state index contributed by atoms with van der Waals surface area (Å²) < 4.78 is 13.2. The molecule has 1 saturated heterocycles. The van der Waals surface area contributed by atoms with Crippen LogP contribution in [0.4, 0.5) is 10.1 Å². The molecule has 2 amide bonds. The van der Waals surface area contributed by atoms with E-state index in [4.69, 9.17) is 12.2 Å². The zero-order chi connectivity index (χ0) is 19.6. The number of thiocarbonyl (C=S) groups is 1. The van der Waals surface area contributed by atoms with Crippen molar-refractivity contribution < 1.29 is 19.1 Å². The van der Waals surface area contributed by atoms with Gasteiger partial charge in [-0.1, -0.05) is 42.2 Å². The minimum Gasteiger partial charge on any atom is -0.507 e. The highest BCUT2D eigenvalue weighted by atomic mass is 32.2. The Balaban J connectivity index is 1.77. The Labute approximate surface area is 164 Å². The first-order valence-corrected chi connectivity index (χ1v) is 9.21. The van der Waals surface area contributed by atoms with E-state index in [2.05, 4.69) is 5.32 Å². The van der Waals surface area contributed by atoms with Gasteiger partial charge in [-0.2, -0.15) is 0 Å². The lowest BCUT2D eigenvalue weighted by Crippen LogP contribution is -2.44. The Morgan fingerprint density at radius 2 is 1.93 bits per heavy atom. The van der Waals surface area contributed by atoms with Crippen LogP contribution >= 0.6 is 24.0 Å². The quantitative estimate of drug-likeness (QED) is 0.602. The van der Waals surface area contributed by atoms with Crippen molar-refractivity contribution in [3.63, 3.8) is 0 Å². The number of thioether (sulfide) groups is 1. The van der Waals surface area contributed by atoms with Crippen molar-refractivity contribution in [1.29, 1.82) is 0 Å². The molecule has 1 unspecified atom stereocenters. The highest BCUT2D eigenvalue weighted by Crippen LogP contribution is 2.35. The van der Waals surface area contributed by atoms with Crippen LogP contribution < -0.4 is 5.32 Å². The number of hydrogen-bond acceptors (Lipinski definition) is 5. The van der Waals surface area contributed by atoms with Crippen LogP contribution in [0, 0.1) is 5.82 Å². The molecule has 0 spiro atoms. The summed E-state index contributed by atoms with van der Waals surface area (Å²) >= 11 is 6.32. The average Bonchev–Trinajstić information content (AvgIpc) is 2.92. The molecule has 0 radical (unpaired) electrons. The molecule has 3 rings (SSSR count). The summed E-state index contributed by atoms with van der Waals surface area (Å²) in [7, 11) is 0. The molecule has 1 heterocycles. The fourth-order valence-electron chi connectivity index (χ4n) is 2.46. The molecule has 2 N–H and O–H groups in total. The Morgan fingerprint density at radius 3 is 2.59 bits per heavy atom. The van der Waals surface area contributed by atoms with E-state index < -0.39 is 23.7 Å². The predicted molar refractivity (Wildman–Crippen MR) is 108 cm³/mol. The molecule has 0 saturated carbocycles. The number of nitrogens with one attached hydrogen (secondary N) is 1. The van der Waals surface area contributed by atoms with Gasteiger partial charge in [-0.25, -0.2) is 4.39 Å². The van der Waals surface area contributed by atoms with Gasteiger partial charge in [0.05, 0.1) is 4.91 Å². The van der Waals surface area contributed by atoms with Crippen LogP contribution in [0.15, 0.2) is 53.4 Å². The first-order chi connectivity index (χ1) is 12.9. The van der Waals surface area contributed by atoms with Gasteiger partial charge < -0.3 is 10.4 Å². The summed E-state index contributed by atoms with van der Waals surface area (Å²) in [5.41, 5.74) is 0.907. The fourth-order valence-corrected chi connectivity index (χ4v) is 3.87. The molecule has 27 heavy (non-hydrogen) atoms. The van der Waals surface area contributed by atoms with Gasteiger partial charge in [0.2, 0.25) is 5.91 Å². The van der Waals surface area contributed by atoms with Crippen molar-refractivity contribution in [3.8, 4) is 5.75 Å². The zero-order valence-electron chi connectivity index (χ0n) is 14.2. The lowest BCUT2D eigenvalue weighted by atomic mass is 10.2. The summed E-state index contributed by atoms with van der Waals surface area (Å²) in [6.07, 6.45) is 1.54. The molecule has 0 aliphatic carbocycles. The van der Waals surface area contributed by atoms with E-state index >= 15 is 0 Å². The van der Waals surface area contributed by atoms with Gasteiger partial charge in [0.25, 0.3) is 5.91 Å². The number of anilines is 1. The smallest absolute Gasteiger partial charge is 0.266 e. The molecule has 5 nitrogen and oxygen atoms in total. The highest BCUT2D eigenvalue weighted by molar-refractivity contribution is 8.26. The Morgan fingerprint density at radius 1 is 1.26 bits per heavy atom. The van der Waals surface area contributed by atoms with Gasteiger partial charge in [-0.15, -0.1) is 0 Å². The third-order valence-electron chi connectivity index (χ3n) is 3.93. The monoisotopic (exact) mass is 402 g/mol. The number of nitrogens with zero attached hydrogens (tertiary/aromatic N) is 1. The van der Waals surface area contributed by atoms with Crippen molar-refractivity contribution in [2.24, 2.45) is 0 Å². The van der Waals surface area contributed by atoms with Crippen molar-refractivity contribution >= 4 is 51.9 Å². The minimum absolute atomic E-state index is 0.0462. The maximum absolute atomic E-state index is 13.0. The molecule has 1 aliphatic rings. The Kier molecular flexibility index (Phi) is 5.57. The number of benzene rings is 2. The largest absolute Gasteiger partial charge is 0.507 e. The maximum atomic E-state index is 13.0. The zero-order valence-corrected chi connectivity index (χ0v) is 15.8. The maximum Gasteiger partial charge on any atom is 0.266 e. The third kappa shape index (κ3) is 4.17. The first-order valence-electron chi connectivity index (χ1n) is 7.98. The van der Waals surface area contributed by atoms with Gasteiger partial charge in [-0.05, 0) is 43.3 Å². The van der Waals surface area contributed by atoms with Gasteiger partial charge in [0.15, 0.2) is 0 Å². The Hall–Kier alpha value is -2.71. The number of carbonyl (C=O) groups is 2. The summed E-state index contributed by atoms with van der Waals surface area (Å²) in [5.74, 6) is -1.21. The SMILES string of the molecule is CC(C(=O)Nc1ccc(F)cc1)N1C(=O)/C(=C/c2ccccc2O)SC1=S. The molecule has 1 fully saturated rings. The van der Waals surface area contributed by atoms with Crippen LogP contribution in [0.25, 0.3) is 6.08 Å². The fraction of sp³-hybridized carbons (Fsp3) is 0.105. The van der Waals surface area contributed by atoms with Gasteiger partial charge in [0, 0.05) is 11.3 Å². The van der Waals surface area contributed by atoms with E-state index in [0.29, 0.717) is 16.2 Å². The van der Waals surface area contributed by atoms with E-state index in [-0.39, 0.29) is 10.1 Å². The van der Waals surface area contributed by atoms with E-state index in [1.807, 2.05) is 0 Å². The first kappa shape index (κ1) is 19.1. The number of phenolic OH excluding ortho intramolecular Hbond substituents is 1. The summed E-state index contributed by atoms with van der Waals surface area (Å²) in [5, 5.41) is 12.5. The standard InChI is InChI=1S/C19H15FN2O3S2/c1-11(17(24)21-14-8-6-13(20)7-9-14)22-18(25)16(27-19(22)26)10-12-4-2-3-5-15(12)23/h2-11,23H,1H3,(H,21,24)/b16-10-. The van der Waals surface area contributed by atoms with Crippen molar-refractivity contribution in [2.75, 3.05) is 5.32 Å². The van der Waals surface area contributed by atoms with Crippen LogP contribution in [0.1, 0.15) is 12.5 Å². The molecular weight excluding hydrogens is 387 g/mol. The molecule has 0 bridgehead atoms. The number of hydrogen-bond donors (Lipinski definition) is 2. The second-order valence-electron chi connectivity index (χ2n) is 5.78. The highest BCUT2D eigenvalue weighted by Gasteiger charge is 2.38. The van der Waals surface area contributed by atoms with Crippen LogP contribution in [0.2, 0.25) is 0 Å². The van der Waals surface area contributed by atoms with Crippen LogP contribution in [-0.4, -0.2) is 32.2 Å². The topological polar surface area (TPSA) is 69.6 Å². The van der Waals surface area contributed by atoms with E-state index in [1.54, 1.807) is 31.2 Å². The second kappa shape index (κ2) is 7.89. The molecule has 0 aromatic heterocycles. The van der Waals surface area contributed by atoms with E-state index in [9.17, 15) is 19.1 Å². The summed E-state index contributed by atoms with van der Waals surface area (Å²) in [4.78, 5) is 26.7. The molecule has 1 atom stereocenters. The third-order valence-corrected chi connectivity index (χ3v) is 5.26. The van der Waals surface area contributed by atoms with Crippen molar-refractivity contribution in [2.45, 2.75) is 13.0 Å². The normalized spacial score (nSPS) is 16.7. The van der Waals surface area contributed by atoms with Gasteiger partial charge in [-0.3, -0.25) is 14.5 Å². The summed E-state index contributed by atoms with van der Waals surface area (Å²) in [6.45, 7) is 1.56. The van der Waals surface area contributed by atoms with E-state index in [1.165, 1.54) is 35.2 Å². The average molecular weight is 402 g/mol. The molecule has 2 aromatic carbocycles. The number of amides is 2. The molecular formula is C19H15FN2O3S2. The number of para-hydroxylation sites is 1. The van der Waals surface area contributed by atoms with E-state index in [0.717, 1.165) is 11.8 Å². The number of carbonyl (C=O) groups excluding carboxylic acids is 2. The molecule has 2 aromatic rings. The van der Waals surface area contributed by atoms with Crippen molar-refractivity contribution in [1.82, 2.24) is 4.90 Å². The van der Waals surface area contributed by atoms with Gasteiger partial charge >= 0.3 is 0 Å². The number of phenols is 1. The summed E-state index contributed by atoms with van der Waals surface area (Å²) in [6, 6.07) is 11.1. The van der Waals surface area contributed by atoms with Crippen LogP contribution in [0.3, 0.4) is 0 Å². The molecule has 1 aliphatic heterocycles. The number of aromatic hydroxyl groups is 1. The Bertz CT molecular complexity index is 944.